The summed E-state index contributed by atoms with van der Waals surface area (Å²) in [5.41, 5.74) is 3.52. The number of carbonyl (C=O) groups is 1. The maximum atomic E-state index is 12.5. The van der Waals surface area contributed by atoms with Gasteiger partial charge in [0.2, 0.25) is 0 Å². The van der Waals surface area contributed by atoms with E-state index in [1.54, 1.807) is 4.90 Å². The van der Waals surface area contributed by atoms with Gasteiger partial charge in [-0.25, -0.2) is 4.79 Å². The number of hydrogen-bond acceptors (Lipinski definition) is 10. The number of oxime groups is 1. The zero-order chi connectivity index (χ0) is 25.9. The summed E-state index contributed by atoms with van der Waals surface area (Å²) in [4.78, 5) is 16.7. The number of rotatable bonds is 6. The van der Waals surface area contributed by atoms with Crippen molar-refractivity contribution in [1.29, 1.82) is 5.41 Å². The first kappa shape index (κ1) is 26.1. The van der Waals surface area contributed by atoms with E-state index < -0.39 is 5.60 Å². The summed E-state index contributed by atoms with van der Waals surface area (Å²) in [5, 5.41) is 30.7. The van der Waals surface area contributed by atoms with Gasteiger partial charge in [-0.05, 0) is 71.2 Å². The fourth-order valence-electron chi connectivity index (χ4n) is 3.93. The number of hydrogen-bond donors (Lipinski definition) is 3. The molecule has 11 nitrogen and oxygen atoms in total. The van der Waals surface area contributed by atoms with Gasteiger partial charge < -0.3 is 24.6 Å². The highest BCUT2D eigenvalue weighted by Gasteiger charge is 2.31. The molecule has 0 aliphatic carbocycles. The SMILES string of the molecule is C/C(=N/O)C(=N)c1nnc(Nc2cc(C)cc(CN3CCN(C(=O)OC(C)(C)C)[C@@H](C)C3)c2C)o1. The third kappa shape index (κ3) is 6.56. The summed E-state index contributed by atoms with van der Waals surface area (Å²) in [6, 6.07) is 4.34. The predicted molar refractivity (Wildman–Crippen MR) is 133 cm³/mol. The van der Waals surface area contributed by atoms with Gasteiger partial charge >= 0.3 is 12.1 Å². The molecule has 1 aliphatic heterocycles. The Balaban J connectivity index is 1.69. The molecule has 190 valence electrons. The topological polar surface area (TPSA) is 140 Å². The number of aromatic nitrogens is 2. The van der Waals surface area contributed by atoms with Crippen molar-refractivity contribution >= 4 is 29.2 Å². The lowest BCUT2D eigenvalue weighted by atomic mass is 10.0. The van der Waals surface area contributed by atoms with Gasteiger partial charge in [0, 0.05) is 37.9 Å². The van der Waals surface area contributed by atoms with Crippen molar-refractivity contribution < 1.29 is 19.2 Å². The predicted octanol–water partition coefficient (Wildman–Crippen LogP) is 4.09. The minimum absolute atomic E-state index is 0.0369. The Bertz CT molecular complexity index is 1120. The second kappa shape index (κ2) is 10.4. The number of nitrogens with one attached hydrogen (secondary N) is 2. The molecule has 1 aromatic carbocycles. The quantitative estimate of drug-likeness (QED) is 0.316. The highest BCUT2D eigenvalue weighted by molar-refractivity contribution is 6.45. The number of anilines is 2. The van der Waals surface area contributed by atoms with Crippen molar-refractivity contribution in [2.24, 2.45) is 5.16 Å². The van der Waals surface area contributed by atoms with E-state index in [0.29, 0.717) is 6.54 Å². The lowest BCUT2D eigenvalue weighted by Crippen LogP contribution is -2.54. The van der Waals surface area contributed by atoms with E-state index in [9.17, 15) is 4.79 Å². The molecule has 1 amide bonds. The molecule has 2 aromatic rings. The standard InChI is InChI=1S/C24H35N7O4/c1-14-10-18(13-30-8-9-31(15(2)12-30)23(32)35-24(5,6)7)16(3)19(11-14)26-22-28-27-21(34-22)20(25)17(4)29-33/h10-11,15,25,33H,8-9,12-13H2,1-7H3,(H,26,28)/b25-20?,29-17-/t15-/m0/s1. The largest absolute Gasteiger partial charge is 0.444 e. The maximum absolute atomic E-state index is 12.5. The Morgan fingerprint density at radius 1 is 1.31 bits per heavy atom. The molecular weight excluding hydrogens is 450 g/mol. The Hall–Kier alpha value is -3.47. The number of piperazine rings is 1. The van der Waals surface area contributed by atoms with Crippen LogP contribution in [0, 0.1) is 19.3 Å². The third-order valence-corrected chi connectivity index (χ3v) is 5.79. The summed E-state index contributed by atoms with van der Waals surface area (Å²) in [5.74, 6) is -0.0369. The van der Waals surface area contributed by atoms with Gasteiger partial charge in [-0.1, -0.05) is 16.3 Å². The number of carbonyl (C=O) groups excluding carboxylic acids is 1. The van der Waals surface area contributed by atoms with E-state index in [1.165, 1.54) is 6.92 Å². The van der Waals surface area contributed by atoms with Crippen LogP contribution in [-0.2, 0) is 11.3 Å². The average Bonchev–Trinajstić information content (AvgIpc) is 3.23. The highest BCUT2D eigenvalue weighted by atomic mass is 16.6. The number of aryl methyl sites for hydroxylation is 1. The molecule has 1 saturated heterocycles. The molecule has 0 radical (unpaired) electrons. The van der Waals surface area contributed by atoms with Crippen molar-refractivity contribution in [3.05, 3.63) is 34.7 Å². The van der Waals surface area contributed by atoms with Crippen molar-refractivity contribution in [3.8, 4) is 0 Å². The van der Waals surface area contributed by atoms with E-state index in [4.69, 9.17) is 19.8 Å². The van der Waals surface area contributed by atoms with E-state index >= 15 is 0 Å². The Morgan fingerprint density at radius 3 is 2.66 bits per heavy atom. The average molecular weight is 486 g/mol. The molecule has 0 unspecified atom stereocenters. The van der Waals surface area contributed by atoms with E-state index in [0.717, 1.165) is 42.0 Å². The molecule has 0 spiro atoms. The number of ether oxygens (including phenoxy) is 1. The maximum Gasteiger partial charge on any atom is 0.410 e. The van der Waals surface area contributed by atoms with Gasteiger partial charge in [-0.2, -0.15) is 0 Å². The van der Waals surface area contributed by atoms with Gasteiger partial charge in [0.15, 0.2) is 0 Å². The monoisotopic (exact) mass is 485 g/mol. The lowest BCUT2D eigenvalue weighted by Gasteiger charge is -2.40. The van der Waals surface area contributed by atoms with E-state index in [-0.39, 0.29) is 35.5 Å². The van der Waals surface area contributed by atoms with Crippen LogP contribution in [0.1, 0.15) is 57.2 Å². The first-order valence-electron chi connectivity index (χ1n) is 11.6. The molecule has 3 rings (SSSR count). The van der Waals surface area contributed by atoms with Crippen molar-refractivity contribution in [2.45, 2.75) is 66.7 Å². The first-order chi connectivity index (χ1) is 16.4. The van der Waals surface area contributed by atoms with Crippen molar-refractivity contribution in [1.82, 2.24) is 20.0 Å². The van der Waals surface area contributed by atoms with Crippen molar-refractivity contribution in [3.63, 3.8) is 0 Å². The van der Waals surface area contributed by atoms with Crippen LogP contribution < -0.4 is 5.32 Å². The number of nitrogens with zero attached hydrogens (tertiary/aromatic N) is 5. The molecule has 1 atom stereocenters. The fourth-order valence-corrected chi connectivity index (χ4v) is 3.93. The minimum Gasteiger partial charge on any atom is -0.444 e. The summed E-state index contributed by atoms with van der Waals surface area (Å²) in [6.07, 6.45) is -0.268. The number of benzene rings is 1. The second-order valence-corrected chi connectivity index (χ2v) is 9.95. The molecule has 3 N–H and O–H groups in total. The Labute approximate surface area is 205 Å². The van der Waals surface area contributed by atoms with Gasteiger partial charge in [0.25, 0.3) is 5.89 Å². The van der Waals surface area contributed by atoms with Crippen LogP contribution >= 0.6 is 0 Å². The van der Waals surface area contributed by atoms with Crippen LogP contribution in [0.15, 0.2) is 21.7 Å². The second-order valence-electron chi connectivity index (χ2n) is 9.95. The Kier molecular flexibility index (Phi) is 7.79. The smallest absolute Gasteiger partial charge is 0.410 e. The Morgan fingerprint density at radius 2 is 2.03 bits per heavy atom. The highest BCUT2D eigenvalue weighted by Crippen LogP contribution is 2.27. The molecule has 0 saturated carbocycles. The van der Waals surface area contributed by atoms with Crippen LogP contribution in [0.25, 0.3) is 0 Å². The zero-order valence-corrected chi connectivity index (χ0v) is 21.5. The first-order valence-corrected chi connectivity index (χ1v) is 11.6. The van der Waals surface area contributed by atoms with Crippen molar-refractivity contribution in [2.75, 3.05) is 25.0 Å². The van der Waals surface area contributed by atoms with Crippen LogP contribution in [0.4, 0.5) is 16.5 Å². The van der Waals surface area contributed by atoms with Crippen LogP contribution in [0.5, 0.6) is 0 Å². The molecule has 11 heteroatoms. The summed E-state index contributed by atoms with van der Waals surface area (Å²) >= 11 is 0. The summed E-state index contributed by atoms with van der Waals surface area (Å²) in [6.45, 7) is 16.0. The molecule has 1 aliphatic rings. The third-order valence-electron chi connectivity index (χ3n) is 5.79. The molecular formula is C24H35N7O4. The van der Waals surface area contributed by atoms with Gasteiger partial charge in [-0.15, -0.1) is 5.10 Å². The van der Waals surface area contributed by atoms with E-state index in [2.05, 4.69) is 31.6 Å². The van der Waals surface area contributed by atoms with E-state index in [1.807, 2.05) is 47.6 Å². The van der Waals surface area contributed by atoms with Gasteiger partial charge in [-0.3, -0.25) is 10.3 Å². The normalized spacial score (nSPS) is 17.4. The molecule has 1 fully saturated rings. The molecule has 35 heavy (non-hydrogen) atoms. The van der Waals surface area contributed by atoms with Gasteiger partial charge in [0.1, 0.15) is 17.0 Å². The summed E-state index contributed by atoms with van der Waals surface area (Å²) < 4.78 is 11.1. The van der Waals surface area contributed by atoms with Crippen LogP contribution in [0.2, 0.25) is 0 Å². The summed E-state index contributed by atoms with van der Waals surface area (Å²) in [7, 11) is 0. The zero-order valence-electron chi connectivity index (χ0n) is 21.5. The lowest BCUT2D eigenvalue weighted by molar-refractivity contribution is 0.000538. The minimum atomic E-state index is -0.513. The molecule has 2 heterocycles. The van der Waals surface area contributed by atoms with Crippen LogP contribution in [0.3, 0.4) is 0 Å². The molecule has 0 bridgehead atoms. The van der Waals surface area contributed by atoms with Gasteiger partial charge in [0.05, 0.1) is 0 Å². The van der Waals surface area contributed by atoms with Crippen LogP contribution in [-0.4, -0.2) is 74.0 Å². The number of amides is 1. The fraction of sp³-hybridized carbons (Fsp3) is 0.542. The molecule has 1 aromatic heterocycles.